The Balaban J connectivity index is 4.43. The number of ether oxygens (including phenoxy) is 3. The molecule has 6 nitrogen and oxygen atoms in total. The molecule has 1 atom stereocenters. The van der Waals surface area contributed by atoms with Crippen molar-refractivity contribution in [1.82, 2.24) is 0 Å². The van der Waals surface area contributed by atoms with Crippen LogP contribution < -0.4 is 0 Å². The van der Waals surface area contributed by atoms with Gasteiger partial charge in [-0.05, 0) is 154 Å². The van der Waals surface area contributed by atoms with E-state index in [0.29, 0.717) is 12.8 Å². The van der Waals surface area contributed by atoms with Gasteiger partial charge in [0.2, 0.25) is 0 Å². The van der Waals surface area contributed by atoms with Crippen LogP contribution >= 0.6 is 0 Å². The van der Waals surface area contributed by atoms with Crippen molar-refractivity contribution in [3.63, 3.8) is 0 Å². The quantitative estimate of drug-likeness (QED) is 0.0261. The molecule has 0 aromatic heterocycles. The fraction of sp³-hybridized carbons (Fsp3) is 0.560. The summed E-state index contributed by atoms with van der Waals surface area (Å²) in [5, 5.41) is 0. The van der Waals surface area contributed by atoms with E-state index >= 15 is 0 Å². The molecule has 0 aliphatic rings. The van der Waals surface area contributed by atoms with E-state index in [1.807, 2.05) is 0 Å². The maximum Gasteiger partial charge on any atom is 0.306 e. The van der Waals surface area contributed by atoms with Gasteiger partial charge >= 0.3 is 17.9 Å². The lowest BCUT2D eigenvalue weighted by Gasteiger charge is -2.18. The molecule has 0 amide bonds. The summed E-state index contributed by atoms with van der Waals surface area (Å²) < 4.78 is 16.9. The Morgan fingerprint density at radius 3 is 0.691 bits per heavy atom. The van der Waals surface area contributed by atoms with Crippen LogP contribution in [0.1, 0.15) is 252 Å². The van der Waals surface area contributed by atoms with Gasteiger partial charge in [-0.25, -0.2) is 0 Å². The number of hydrogen-bond donors (Lipinski definition) is 0. The molecule has 6 heteroatoms. The number of allylic oxidation sites excluding steroid dienone is 30. The molecular weight excluding hydrogens is 997 g/mol. The van der Waals surface area contributed by atoms with Crippen molar-refractivity contribution in [2.24, 2.45) is 0 Å². The molecule has 452 valence electrons. The first kappa shape index (κ1) is 75.5. The van der Waals surface area contributed by atoms with E-state index in [1.165, 1.54) is 12.8 Å². The first-order chi connectivity index (χ1) is 40.0. The zero-order chi connectivity index (χ0) is 58.5. The summed E-state index contributed by atoms with van der Waals surface area (Å²) in [5.74, 6) is -0.972. The summed E-state index contributed by atoms with van der Waals surface area (Å²) >= 11 is 0. The highest BCUT2D eigenvalue weighted by atomic mass is 16.6. The average molecular weight is 1110 g/mol. The van der Waals surface area contributed by atoms with Gasteiger partial charge in [0.1, 0.15) is 13.2 Å². The molecule has 0 bridgehead atoms. The standard InChI is InChI=1S/C75H116O6/c1-4-7-10-13-16-19-22-25-28-30-31-32-33-34-35-36-37-38-39-40-41-42-43-45-47-50-53-56-59-62-65-68-74(77)80-71-72(70-79-73(76)67-64-61-58-55-52-49-46-27-24-21-18-15-12-9-6-3)81-75(78)69-66-63-60-57-54-51-48-44-29-26-23-20-17-14-11-8-5-2/h7-12,16-21,25-29,31-32,34-35,37-38,40-41,43,45-46,48,51,72H,4-6,13-15,22-24,30,33,36,39,42,44,47,49-50,52-71H2,1-3H3/b10-7-,11-8-,12-9-,19-16-,20-17-,21-18-,28-25-,29-26-,32-31-,35-34-,38-37-,41-40-,45-43-,46-27-,51-48-. The molecule has 0 aliphatic heterocycles. The van der Waals surface area contributed by atoms with Gasteiger partial charge in [0.15, 0.2) is 6.10 Å². The van der Waals surface area contributed by atoms with Gasteiger partial charge < -0.3 is 14.2 Å². The van der Waals surface area contributed by atoms with Crippen molar-refractivity contribution in [2.45, 2.75) is 258 Å². The molecule has 0 saturated carbocycles. The third-order valence-corrected chi connectivity index (χ3v) is 12.9. The summed E-state index contributed by atoms with van der Waals surface area (Å²) in [7, 11) is 0. The molecule has 0 heterocycles. The molecule has 81 heavy (non-hydrogen) atoms. The zero-order valence-electron chi connectivity index (χ0n) is 51.7. The molecule has 0 N–H and O–H groups in total. The Hall–Kier alpha value is -5.49. The Labute approximate surface area is 497 Å². The molecule has 0 saturated heterocycles. The maximum absolute atomic E-state index is 12.9. The van der Waals surface area contributed by atoms with Gasteiger partial charge in [-0.2, -0.15) is 0 Å². The lowest BCUT2D eigenvalue weighted by Crippen LogP contribution is -2.30. The van der Waals surface area contributed by atoms with Crippen molar-refractivity contribution < 1.29 is 28.6 Å². The SMILES string of the molecule is CC/C=C\C/C=C\C/C=C\C/C=C\C/C=C\C/C=C\C/C=C\C/C=C\CCCCCCCCC(=O)OCC(COC(=O)CCCCCCC/C=C\C/C=C\C/C=C\CC)OC(=O)CCCCCC/C=C\C/C=C\C/C=C\C/C=C\CC. The Kier molecular flexibility index (Phi) is 62.5. The van der Waals surface area contributed by atoms with Crippen LogP contribution in [0.3, 0.4) is 0 Å². The second-order valence-corrected chi connectivity index (χ2v) is 20.5. The Morgan fingerprint density at radius 1 is 0.247 bits per heavy atom. The van der Waals surface area contributed by atoms with Crippen molar-refractivity contribution in [2.75, 3.05) is 13.2 Å². The van der Waals surface area contributed by atoms with Crippen LogP contribution in [0.4, 0.5) is 0 Å². The summed E-state index contributed by atoms with van der Waals surface area (Å²) in [6.07, 6.45) is 100. The number of unbranched alkanes of at least 4 members (excludes halogenated alkanes) is 15. The third-order valence-electron chi connectivity index (χ3n) is 12.9. The van der Waals surface area contributed by atoms with E-state index in [9.17, 15) is 14.4 Å². The normalized spacial score (nSPS) is 13.4. The monoisotopic (exact) mass is 1110 g/mol. The largest absolute Gasteiger partial charge is 0.462 e. The van der Waals surface area contributed by atoms with E-state index in [2.05, 4.69) is 203 Å². The predicted octanol–water partition coefficient (Wildman–Crippen LogP) is 22.4. The summed E-state index contributed by atoms with van der Waals surface area (Å²) in [5.41, 5.74) is 0. The maximum atomic E-state index is 12.9. The molecular formula is C75H116O6. The van der Waals surface area contributed by atoms with Crippen LogP contribution in [0.25, 0.3) is 0 Å². The van der Waals surface area contributed by atoms with Gasteiger partial charge in [0.05, 0.1) is 0 Å². The van der Waals surface area contributed by atoms with Gasteiger partial charge in [-0.15, -0.1) is 0 Å². The second-order valence-electron chi connectivity index (χ2n) is 20.5. The van der Waals surface area contributed by atoms with Crippen LogP contribution in [-0.4, -0.2) is 37.2 Å². The fourth-order valence-electron chi connectivity index (χ4n) is 8.17. The van der Waals surface area contributed by atoms with E-state index in [-0.39, 0.29) is 37.5 Å². The van der Waals surface area contributed by atoms with Crippen LogP contribution in [-0.2, 0) is 28.6 Å². The van der Waals surface area contributed by atoms with Gasteiger partial charge in [-0.1, -0.05) is 261 Å². The Morgan fingerprint density at radius 2 is 0.444 bits per heavy atom. The van der Waals surface area contributed by atoms with Gasteiger partial charge in [0.25, 0.3) is 0 Å². The zero-order valence-corrected chi connectivity index (χ0v) is 51.7. The topological polar surface area (TPSA) is 78.9 Å². The fourth-order valence-corrected chi connectivity index (χ4v) is 8.17. The molecule has 0 aromatic rings. The van der Waals surface area contributed by atoms with E-state index < -0.39 is 6.10 Å². The lowest BCUT2D eigenvalue weighted by atomic mass is 10.1. The van der Waals surface area contributed by atoms with Gasteiger partial charge in [0, 0.05) is 19.3 Å². The molecule has 0 fully saturated rings. The van der Waals surface area contributed by atoms with E-state index in [4.69, 9.17) is 14.2 Å². The highest BCUT2D eigenvalue weighted by molar-refractivity contribution is 5.71. The van der Waals surface area contributed by atoms with Crippen molar-refractivity contribution in [3.05, 3.63) is 182 Å². The van der Waals surface area contributed by atoms with Crippen LogP contribution in [0, 0.1) is 0 Å². The number of carbonyl (C=O) groups excluding carboxylic acids is 3. The molecule has 0 aliphatic carbocycles. The number of rotatable bonds is 56. The van der Waals surface area contributed by atoms with Crippen LogP contribution in [0.15, 0.2) is 182 Å². The first-order valence-electron chi connectivity index (χ1n) is 32.3. The first-order valence-corrected chi connectivity index (χ1v) is 32.3. The molecule has 0 radical (unpaired) electrons. The van der Waals surface area contributed by atoms with E-state index in [1.54, 1.807) is 0 Å². The molecule has 1 unspecified atom stereocenters. The van der Waals surface area contributed by atoms with Crippen LogP contribution in [0.5, 0.6) is 0 Å². The van der Waals surface area contributed by atoms with Crippen molar-refractivity contribution in [3.8, 4) is 0 Å². The predicted molar refractivity (Wildman–Crippen MR) is 352 cm³/mol. The lowest BCUT2D eigenvalue weighted by molar-refractivity contribution is -0.167. The van der Waals surface area contributed by atoms with Crippen molar-refractivity contribution in [1.29, 1.82) is 0 Å². The van der Waals surface area contributed by atoms with Crippen LogP contribution in [0.2, 0.25) is 0 Å². The highest BCUT2D eigenvalue weighted by Gasteiger charge is 2.19. The number of esters is 3. The molecule has 0 rings (SSSR count). The average Bonchev–Trinajstić information content (AvgIpc) is 3.47. The molecule has 0 spiro atoms. The number of carbonyl (C=O) groups is 3. The minimum absolute atomic E-state index is 0.110. The minimum atomic E-state index is -0.816. The smallest absolute Gasteiger partial charge is 0.306 e. The number of hydrogen-bond acceptors (Lipinski definition) is 6. The third kappa shape index (κ3) is 65.2. The van der Waals surface area contributed by atoms with Gasteiger partial charge in [-0.3, -0.25) is 14.4 Å². The summed E-state index contributed by atoms with van der Waals surface area (Å²) in [6, 6.07) is 0. The highest BCUT2D eigenvalue weighted by Crippen LogP contribution is 2.13. The van der Waals surface area contributed by atoms with Crippen molar-refractivity contribution >= 4 is 17.9 Å². The minimum Gasteiger partial charge on any atom is -0.462 e. The summed E-state index contributed by atoms with van der Waals surface area (Å²) in [4.78, 5) is 38.3. The second kappa shape index (κ2) is 67.0. The van der Waals surface area contributed by atoms with E-state index in [0.717, 1.165) is 199 Å². The molecule has 0 aromatic carbocycles. The Bertz CT molecular complexity index is 1900. The summed E-state index contributed by atoms with van der Waals surface area (Å²) in [6.45, 7) is 6.24.